The first-order valence-corrected chi connectivity index (χ1v) is 4.34. The van der Waals surface area contributed by atoms with Gasteiger partial charge in [-0.2, -0.15) is 17.2 Å². The molecule has 0 unspecified atom stereocenters. The summed E-state index contributed by atoms with van der Waals surface area (Å²) < 4.78 is 85.9. The lowest BCUT2D eigenvalue weighted by molar-refractivity contribution is -0.295. The van der Waals surface area contributed by atoms with Crippen molar-refractivity contribution in [3.63, 3.8) is 0 Å². The number of ether oxygens (including phenoxy) is 1. The van der Waals surface area contributed by atoms with E-state index in [1.54, 1.807) is 0 Å². The normalized spacial score (nSPS) is 11.9. The molecular weight excluding hydrogens is 254 g/mol. The molecule has 0 heterocycles. The van der Waals surface area contributed by atoms with Crippen molar-refractivity contribution >= 4 is 10.6 Å². The van der Waals surface area contributed by atoms with Gasteiger partial charge in [-0.3, -0.25) is 0 Å². The van der Waals surface area contributed by atoms with Crippen molar-refractivity contribution in [2.24, 2.45) is 0 Å². The van der Waals surface area contributed by atoms with Crippen LogP contribution in [0.3, 0.4) is 0 Å². The number of halogens is 6. The van der Waals surface area contributed by atoms with E-state index in [1.807, 2.05) is 0 Å². The van der Waals surface area contributed by atoms with Gasteiger partial charge in [0.1, 0.15) is 0 Å². The minimum absolute atomic E-state index is 0.586. The fourth-order valence-electron chi connectivity index (χ4n) is 0.233. The highest BCUT2D eigenvalue weighted by Gasteiger charge is 2.41. The van der Waals surface area contributed by atoms with Crippen molar-refractivity contribution in [1.82, 2.24) is 0 Å². The van der Waals surface area contributed by atoms with E-state index in [1.165, 1.54) is 0 Å². The van der Waals surface area contributed by atoms with Gasteiger partial charge in [0.2, 0.25) is 0 Å². The number of alkyl halides is 4. The van der Waals surface area contributed by atoms with Crippen molar-refractivity contribution in [1.29, 1.82) is 0 Å². The molecule has 0 saturated carbocycles. The molecule has 0 spiro atoms. The largest absolute Gasteiger partial charge is 0.476 e. The summed E-state index contributed by atoms with van der Waals surface area (Å²) >= 11 is 0. The molecule has 0 aromatic rings. The Balaban J connectivity index is 0. The summed E-state index contributed by atoms with van der Waals surface area (Å²) in [5.74, 6) is 0. The smallest absolute Gasteiger partial charge is 0.312 e. The van der Waals surface area contributed by atoms with Gasteiger partial charge in [-0.25, -0.2) is 8.78 Å². The summed E-state index contributed by atoms with van der Waals surface area (Å²) in [7, 11) is -5.67. The molecule has 0 aliphatic rings. The van der Waals surface area contributed by atoms with Crippen LogP contribution in [0.15, 0.2) is 12.7 Å². The third-order valence-electron chi connectivity index (χ3n) is 0.648. The lowest BCUT2D eigenvalue weighted by atomic mass is 10.6. The molecule has 0 aromatic carbocycles. The predicted molar refractivity (Wildman–Crippen MR) is 38.2 cm³/mol. The maximum absolute atomic E-state index is 11.7. The summed E-state index contributed by atoms with van der Waals surface area (Å²) in [6.07, 6.45) is -7.17. The van der Waals surface area contributed by atoms with Gasteiger partial charge in [-0.05, 0) is 0 Å². The lowest BCUT2D eigenvalue weighted by Crippen LogP contribution is -2.30. The van der Waals surface area contributed by atoms with E-state index < -0.39 is 29.8 Å². The Hall–Kier alpha value is -0.770. The highest BCUT2D eigenvalue weighted by Crippen LogP contribution is 2.23. The van der Waals surface area contributed by atoms with E-state index in [4.69, 9.17) is 8.42 Å². The van der Waals surface area contributed by atoms with Crippen LogP contribution in [0.5, 0.6) is 0 Å². The van der Waals surface area contributed by atoms with Crippen molar-refractivity contribution in [3.8, 4) is 0 Å². The Bertz CT molecular complexity index is 266. The second kappa shape index (κ2) is 6.67. The van der Waals surface area contributed by atoms with Crippen LogP contribution < -0.4 is 0 Å². The first-order valence-electron chi connectivity index (χ1n) is 3.05. The molecule has 0 fully saturated rings. The van der Waals surface area contributed by atoms with E-state index in [0.717, 1.165) is 6.08 Å². The first kappa shape index (κ1) is 16.7. The molecule has 0 atom stereocenters. The predicted octanol–water partition coefficient (Wildman–Crippen LogP) is 2.22. The molecular formula is C5H6F6O3S. The standard InChI is InChI=1S/C5H6F4O.F2O2S/c1-2-3-10-5(8,9)4(6)7;1-5(2,3)4/h2,4H,1,3H2;. The molecule has 0 bridgehead atoms. The topological polar surface area (TPSA) is 43.4 Å². The summed E-state index contributed by atoms with van der Waals surface area (Å²) in [5.41, 5.74) is 0. The second-order valence-electron chi connectivity index (χ2n) is 1.84. The van der Waals surface area contributed by atoms with E-state index in [9.17, 15) is 25.3 Å². The fourth-order valence-corrected chi connectivity index (χ4v) is 0.233. The fraction of sp³-hybridized carbons (Fsp3) is 0.600. The SMILES string of the molecule is C=CCOC(F)(F)C(F)F.O=S(=O)(F)F. The van der Waals surface area contributed by atoms with Crippen molar-refractivity contribution in [2.75, 3.05) is 6.61 Å². The first-order chi connectivity index (χ1) is 6.50. The molecule has 0 radical (unpaired) electrons. The highest BCUT2D eigenvalue weighted by molar-refractivity contribution is 7.81. The van der Waals surface area contributed by atoms with Crippen molar-refractivity contribution in [2.45, 2.75) is 12.5 Å². The zero-order chi connectivity index (χ0) is 12.7. The molecule has 92 valence electrons. The van der Waals surface area contributed by atoms with Crippen LogP contribution in [0, 0.1) is 0 Å². The maximum atomic E-state index is 11.7. The minimum Gasteiger partial charge on any atom is -0.312 e. The zero-order valence-corrected chi connectivity index (χ0v) is 7.79. The van der Waals surface area contributed by atoms with Gasteiger partial charge in [0.05, 0.1) is 6.61 Å². The molecule has 15 heavy (non-hydrogen) atoms. The van der Waals surface area contributed by atoms with Crippen LogP contribution in [-0.2, 0) is 15.3 Å². The van der Waals surface area contributed by atoms with Gasteiger partial charge in [-0.15, -0.1) is 6.58 Å². The third kappa shape index (κ3) is 15.9. The van der Waals surface area contributed by atoms with Gasteiger partial charge < -0.3 is 4.74 Å². The Morgan fingerprint density at radius 2 is 1.67 bits per heavy atom. The number of rotatable bonds is 4. The Morgan fingerprint density at radius 1 is 1.33 bits per heavy atom. The summed E-state index contributed by atoms with van der Waals surface area (Å²) in [5, 5.41) is 0. The van der Waals surface area contributed by atoms with E-state index in [0.29, 0.717) is 0 Å². The van der Waals surface area contributed by atoms with E-state index >= 15 is 0 Å². The van der Waals surface area contributed by atoms with Gasteiger partial charge in [-0.1, -0.05) is 13.8 Å². The van der Waals surface area contributed by atoms with Crippen molar-refractivity contribution in [3.05, 3.63) is 12.7 Å². The van der Waals surface area contributed by atoms with E-state index in [-0.39, 0.29) is 0 Å². The minimum atomic E-state index is -5.67. The van der Waals surface area contributed by atoms with Crippen LogP contribution in [0.4, 0.5) is 25.3 Å². The molecule has 0 saturated heterocycles. The monoisotopic (exact) mass is 260 g/mol. The summed E-state index contributed by atoms with van der Waals surface area (Å²) in [6.45, 7) is 2.43. The van der Waals surface area contributed by atoms with Crippen LogP contribution in [0.1, 0.15) is 0 Å². The van der Waals surface area contributed by atoms with E-state index in [2.05, 4.69) is 11.3 Å². The Kier molecular flexibility index (Phi) is 7.40. The van der Waals surface area contributed by atoms with Crippen LogP contribution in [-0.4, -0.2) is 27.6 Å². The average molecular weight is 260 g/mol. The quantitative estimate of drug-likeness (QED) is 0.442. The average Bonchev–Trinajstić information content (AvgIpc) is 1.97. The lowest BCUT2D eigenvalue weighted by Gasteiger charge is -2.13. The third-order valence-corrected chi connectivity index (χ3v) is 0.648. The molecule has 0 aliphatic heterocycles. The highest BCUT2D eigenvalue weighted by atomic mass is 32.3. The Labute approximate surface area is 81.8 Å². The van der Waals surface area contributed by atoms with Crippen molar-refractivity contribution < 1.29 is 38.5 Å². The van der Waals surface area contributed by atoms with Crippen LogP contribution in [0.25, 0.3) is 0 Å². The van der Waals surface area contributed by atoms with Crippen LogP contribution in [0.2, 0.25) is 0 Å². The molecule has 0 aliphatic carbocycles. The number of hydrogen-bond acceptors (Lipinski definition) is 3. The number of hydrogen-bond donors (Lipinski definition) is 0. The molecule has 10 heteroatoms. The Morgan fingerprint density at radius 3 is 1.87 bits per heavy atom. The second-order valence-corrected chi connectivity index (χ2v) is 2.60. The molecule has 0 N–H and O–H groups in total. The molecule has 0 aromatic heterocycles. The zero-order valence-electron chi connectivity index (χ0n) is 6.97. The van der Waals surface area contributed by atoms with Crippen LogP contribution >= 0.6 is 0 Å². The van der Waals surface area contributed by atoms with Gasteiger partial charge in [0, 0.05) is 0 Å². The maximum Gasteiger partial charge on any atom is 0.476 e. The molecule has 0 amide bonds. The van der Waals surface area contributed by atoms with Gasteiger partial charge >= 0.3 is 23.1 Å². The summed E-state index contributed by atoms with van der Waals surface area (Å²) in [6, 6.07) is 0. The molecule has 3 nitrogen and oxygen atoms in total. The van der Waals surface area contributed by atoms with Gasteiger partial charge in [0.15, 0.2) is 0 Å². The summed E-state index contributed by atoms with van der Waals surface area (Å²) in [4.78, 5) is 0. The molecule has 0 rings (SSSR count). The van der Waals surface area contributed by atoms with Gasteiger partial charge in [0.25, 0.3) is 0 Å².